The summed E-state index contributed by atoms with van der Waals surface area (Å²) in [6, 6.07) is 0. The predicted molar refractivity (Wildman–Crippen MR) is 47.3 cm³/mol. The third kappa shape index (κ3) is 6.19. The van der Waals surface area contributed by atoms with Gasteiger partial charge in [0.2, 0.25) is 0 Å². The van der Waals surface area contributed by atoms with Gasteiger partial charge in [-0.05, 0) is 20.3 Å². The van der Waals surface area contributed by atoms with Crippen LogP contribution >= 0.6 is 0 Å². The monoisotopic (exact) mass is 236 g/mol. The van der Waals surface area contributed by atoms with Gasteiger partial charge in [-0.2, -0.15) is 0 Å². The Morgan fingerprint density at radius 2 is 1.77 bits per heavy atom. The molecule has 0 bridgehead atoms. The Bertz CT molecular complexity index is 270. The van der Waals surface area contributed by atoms with Gasteiger partial charge < -0.3 is 4.55 Å². The van der Waals surface area contributed by atoms with E-state index < -0.39 is 25.7 Å². The Labute approximate surface area is 104 Å². The van der Waals surface area contributed by atoms with Gasteiger partial charge in [0.1, 0.15) is 0 Å². The number of hydrogen-bond donors (Lipinski definition) is 0. The van der Waals surface area contributed by atoms with Gasteiger partial charge in [0, 0.05) is 12.0 Å². The molecule has 0 rings (SSSR count). The second kappa shape index (κ2) is 5.82. The first-order valence-electron chi connectivity index (χ1n) is 3.42. The van der Waals surface area contributed by atoms with Gasteiger partial charge in [-0.1, -0.05) is 11.1 Å². The molecule has 0 spiro atoms. The molecule has 0 aromatic heterocycles. The zero-order chi connectivity index (χ0) is 9.99. The summed E-state index contributed by atoms with van der Waals surface area (Å²) in [5.41, 5.74) is 0. The van der Waals surface area contributed by atoms with E-state index in [0.717, 1.165) is 6.26 Å². The van der Waals surface area contributed by atoms with Crippen LogP contribution in [-0.2, 0) is 20.9 Å². The molecule has 13 heavy (non-hydrogen) atoms. The van der Waals surface area contributed by atoms with Gasteiger partial charge in [-0.15, -0.1) is 0 Å². The second-order valence-corrected chi connectivity index (χ2v) is 6.95. The molecule has 0 saturated carbocycles. The number of sulfone groups is 1. The van der Waals surface area contributed by atoms with Gasteiger partial charge in [0.05, 0.1) is 4.75 Å². The van der Waals surface area contributed by atoms with Crippen molar-refractivity contribution in [2.24, 2.45) is 0 Å². The molecule has 0 radical (unpaired) electrons. The molecule has 0 amide bonds. The second-order valence-electron chi connectivity index (χ2n) is 3.29. The molecule has 0 aromatic carbocycles. The van der Waals surface area contributed by atoms with E-state index in [1.165, 1.54) is 13.8 Å². The maximum absolute atomic E-state index is 11.1. The molecule has 1 unspecified atom stereocenters. The standard InChI is InChI=1S/C6H14O4S2.Na/c1-6(2,12(3,9)10)4-5-11(7)8;/h4-5H2,1-3H3,(H,7,8);/q;+1/p-1. The Balaban J connectivity index is 0. The van der Waals surface area contributed by atoms with E-state index in [1.807, 2.05) is 0 Å². The van der Waals surface area contributed by atoms with Crippen molar-refractivity contribution in [3.8, 4) is 0 Å². The van der Waals surface area contributed by atoms with E-state index in [-0.39, 0.29) is 41.7 Å². The van der Waals surface area contributed by atoms with E-state index in [1.54, 1.807) is 0 Å². The first kappa shape index (κ1) is 16.5. The third-order valence-corrected chi connectivity index (χ3v) is 4.62. The molecule has 0 saturated heterocycles. The fourth-order valence-electron chi connectivity index (χ4n) is 0.515. The third-order valence-electron chi connectivity index (χ3n) is 1.87. The fourth-order valence-corrected chi connectivity index (χ4v) is 1.79. The topological polar surface area (TPSA) is 74.3 Å². The molecule has 0 aliphatic rings. The van der Waals surface area contributed by atoms with Crippen LogP contribution in [0.15, 0.2) is 0 Å². The summed E-state index contributed by atoms with van der Waals surface area (Å²) in [5, 5.41) is 0. The summed E-state index contributed by atoms with van der Waals surface area (Å²) in [4.78, 5) is 0. The van der Waals surface area contributed by atoms with Gasteiger partial charge >= 0.3 is 29.6 Å². The molecule has 0 heterocycles. The molecule has 0 fully saturated rings. The molecular formula is C6H13NaO4S2. The number of rotatable bonds is 4. The molecule has 7 heteroatoms. The quantitative estimate of drug-likeness (QED) is 0.387. The molecule has 0 aliphatic heterocycles. The summed E-state index contributed by atoms with van der Waals surface area (Å²) in [6.45, 7) is 3.05. The van der Waals surface area contributed by atoms with E-state index in [4.69, 9.17) is 0 Å². The minimum atomic E-state index is -3.17. The van der Waals surface area contributed by atoms with Gasteiger partial charge in [0.15, 0.2) is 9.84 Å². The van der Waals surface area contributed by atoms with E-state index >= 15 is 0 Å². The van der Waals surface area contributed by atoms with Gasteiger partial charge in [-0.3, -0.25) is 4.21 Å². The minimum Gasteiger partial charge on any atom is -0.772 e. The van der Waals surface area contributed by atoms with Crippen LogP contribution in [0, 0.1) is 0 Å². The van der Waals surface area contributed by atoms with Crippen molar-refractivity contribution in [1.29, 1.82) is 0 Å². The Morgan fingerprint density at radius 3 is 2.00 bits per heavy atom. The molecule has 0 aliphatic carbocycles. The van der Waals surface area contributed by atoms with Crippen LogP contribution in [0.2, 0.25) is 0 Å². The van der Waals surface area contributed by atoms with E-state index in [0.29, 0.717) is 0 Å². The Hall–Kier alpha value is 1.06. The van der Waals surface area contributed by atoms with Crippen molar-refractivity contribution < 1.29 is 46.7 Å². The first-order valence-corrected chi connectivity index (χ1v) is 6.56. The zero-order valence-corrected chi connectivity index (χ0v) is 12.0. The predicted octanol–water partition coefficient (Wildman–Crippen LogP) is -2.92. The minimum absolute atomic E-state index is 0. The molecule has 74 valence electrons. The molecule has 1 atom stereocenters. The van der Waals surface area contributed by atoms with Crippen molar-refractivity contribution in [3.05, 3.63) is 0 Å². The average Bonchev–Trinajstić information content (AvgIpc) is 1.81. The van der Waals surface area contributed by atoms with Crippen LogP contribution in [0.4, 0.5) is 0 Å². The van der Waals surface area contributed by atoms with Crippen LogP contribution < -0.4 is 29.6 Å². The van der Waals surface area contributed by atoms with Crippen molar-refractivity contribution in [3.63, 3.8) is 0 Å². The van der Waals surface area contributed by atoms with Crippen molar-refractivity contribution >= 4 is 20.9 Å². The molecule has 4 nitrogen and oxygen atoms in total. The van der Waals surface area contributed by atoms with Crippen LogP contribution in [-0.4, -0.2) is 33.9 Å². The van der Waals surface area contributed by atoms with Crippen LogP contribution in [0.1, 0.15) is 20.3 Å². The van der Waals surface area contributed by atoms with E-state index in [9.17, 15) is 17.2 Å². The van der Waals surface area contributed by atoms with Crippen molar-refractivity contribution in [2.75, 3.05) is 12.0 Å². The van der Waals surface area contributed by atoms with Crippen molar-refractivity contribution in [1.82, 2.24) is 0 Å². The van der Waals surface area contributed by atoms with Gasteiger partial charge in [-0.25, -0.2) is 8.42 Å². The molecule has 0 N–H and O–H groups in total. The summed E-state index contributed by atoms with van der Waals surface area (Å²) in [6.07, 6.45) is 1.25. The summed E-state index contributed by atoms with van der Waals surface area (Å²) in [7, 11) is -3.17. The maximum Gasteiger partial charge on any atom is 1.00 e. The van der Waals surface area contributed by atoms with E-state index in [2.05, 4.69) is 0 Å². The largest absolute Gasteiger partial charge is 1.00 e. The fraction of sp³-hybridized carbons (Fsp3) is 1.00. The Morgan fingerprint density at radius 1 is 1.38 bits per heavy atom. The van der Waals surface area contributed by atoms with Crippen LogP contribution in [0.5, 0.6) is 0 Å². The SMILES string of the molecule is CC(C)(CCS(=O)[O-])S(C)(=O)=O.[Na+]. The average molecular weight is 236 g/mol. The zero-order valence-electron chi connectivity index (χ0n) is 8.36. The van der Waals surface area contributed by atoms with Crippen LogP contribution in [0.3, 0.4) is 0 Å². The maximum atomic E-state index is 11.1. The summed E-state index contributed by atoms with van der Waals surface area (Å²) < 4.78 is 41.5. The normalized spacial score (nSPS) is 14.8. The molecular weight excluding hydrogens is 223 g/mol. The first-order chi connectivity index (χ1) is 5.17. The molecule has 0 aromatic rings. The summed E-state index contributed by atoms with van der Waals surface area (Å²) >= 11 is -2.16. The summed E-state index contributed by atoms with van der Waals surface area (Å²) in [5.74, 6) is -0.111. The smallest absolute Gasteiger partial charge is 0.772 e. The Kier molecular flexibility index (Phi) is 7.39. The van der Waals surface area contributed by atoms with Crippen molar-refractivity contribution in [2.45, 2.75) is 25.0 Å². The number of hydrogen-bond acceptors (Lipinski definition) is 4. The van der Waals surface area contributed by atoms with Gasteiger partial charge in [0.25, 0.3) is 0 Å². The van der Waals surface area contributed by atoms with Crippen LogP contribution in [0.25, 0.3) is 0 Å².